The summed E-state index contributed by atoms with van der Waals surface area (Å²) in [5, 5.41) is 4.67. The molecule has 1 aromatic carbocycles. The predicted molar refractivity (Wildman–Crippen MR) is 90.5 cm³/mol. The van der Waals surface area contributed by atoms with Gasteiger partial charge in [0.25, 0.3) is 0 Å². The lowest BCUT2D eigenvalue weighted by Crippen LogP contribution is -2.19. The first-order valence-corrected chi connectivity index (χ1v) is 9.62. The van der Waals surface area contributed by atoms with Crippen molar-refractivity contribution >= 4 is 43.1 Å². The molecule has 0 bridgehead atoms. The summed E-state index contributed by atoms with van der Waals surface area (Å²) in [7, 11) is -3.36. The number of hydrogen-bond acceptors (Lipinski definition) is 5. The van der Waals surface area contributed by atoms with Gasteiger partial charge in [0, 0.05) is 6.26 Å². The Kier molecular flexibility index (Phi) is 3.95. The quantitative estimate of drug-likeness (QED) is 0.784. The molecule has 0 aliphatic carbocycles. The van der Waals surface area contributed by atoms with Crippen LogP contribution in [0.1, 0.15) is 5.82 Å². The zero-order chi connectivity index (χ0) is 16.6. The van der Waals surface area contributed by atoms with Gasteiger partial charge < -0.3 is 9.88 Å². The Morgan fingerprint density at radius 1 is 1.30 bits per heavy atom. The van der Waals surface area contributed by atoms with Crippen LogP contribution in [0.25, 0.3) is 11.0 Å². The number of nitrogens with zero attached hydrogens (tertiary/aromatic N) is 2. The van der Waals surface area contributed by atoms with E-state index in [-0.39, 0.29) is 17.3 Å². The highest BCUT2D eigenvalue weighted by Crippen LogP contribution is 2.27. The number of thiophene rings is 1. The van der Waals surface area contributed by atoms with E-state index in [4.69, 9.17) is 0 Å². The van der Waals surface area contributed by atoms with Gasteiger partial charge in [-0.25, -0.2) is 13.4 Å². The second kappa shape index (κ2) is 5.78. The maximum Gasteiger partial charge on any atom is 0.245 e. The molecule has 0 saturated heterocycles. The molecule has 120 valence electrons. The zero-order valence-corrected chi connectivity index (χ0v) is 14.2. The molecular weight excluding hydrogens is 334 g/mol. The molecular formula is C15H15N3O3S2. The third kappa shape index (κ3) is 3.13. The summed E-state index contributed by atoms with van der Waals surface area (Å²) < 4.78 is 25.2. The summed E-state index contributed by atoms with van der Waals surface area (Å²) in [4.78, 5) is 16.9. The van der Waals surface area contributed by atoms with Crippen LogP contribution in [-0.2, 0) is 21.2 Å². The van der Waals surface area contributed by atoms with E-state index >= 15 is 0 Å². The molecule has 0 aliphatic rings. The third-order valence-corrected chi connectivity index (χ3v) is 5.53. The molecule has 3 aromatic rings. The van der Waals surface area contributed by atoms with Gasteiger partial charge in [0.05, 0.1) is 11.0 Å². The minimum absolute atomic E-state index is 0.0768. The van der Waals surface area contributed by atoms with Gasteiger partial charge in [-0.2, -0.15) is 0 Å². The second-order valence-corrected chi connectivity index (χ2v) is 8.07. The first-order chi connectivity index (χ1) is 10.9. The van der Waals surface area contributed by atoms with Crippen LogP contribution in [0.15, 0.2) is 40.6 Å². The van der Waals surface area contributed by atoms with Crippen molar-refractivity contribution in [2.45, 2.75) is 18.4 Å². The minimum Gasteiger partial charge on any atom is -0.319 e. The molecule has 0 atom stereocenters. The molecule has 1 amide bonds. The summed E-state index contributed by atoms with van der Waals surface area (Å²) in [6.07, 6.45) is 1.12. The first-order valence-electron chi connectivity index (χ1n) is 6.85. The smallest absolute Gasteiger partial charge is 0.245 e. The Hall–Kier alpha value is -2.19. The van der Waals surface area contributed by atoms with Crippen LogP contribution in [0.4, 0.5) is 5.00 Å². The van der Waals surface area contributed by atoms with Crippen LogP contribution >= 0.6 is 11.3 Å². The Labute approximate surface area is 137 Å². The van der Waals surface area contributed by atoms with Crippen molar-refractivity contribution in [2.24, 2.45) is 0 Å². The van der Waals surface area contributed by atoms with E-state index in [1.165, 1.54) is 17.4 Å². The van der Waals surface area contributed by atoms with Gasteiger partial charge >= 0.3 is 0 Å². The maximum absolute atomic E-state index is 12.3. The monoisotopic (exact) mass is 349 g/mol. The number of imidazole rings is 1. The fourth-order valence-electron chi connectivity index (χ4n) is 2.39. The van der Waals surface area contributed by atoms with E-state index in [9.17, 15) is 13.2 Å². The van der Waals surface area contributed by atoms with E-state index in [1.54, 1.807) is 9.95 Å². The molecule has 2 heterocycles. The topological polar surface area (TPSA) is 81.1 Å². The van der Waals surface area contributed by atoms with Crippen molar-refractivity contribution in [3.8, 4) is 0 Å². The van der Waals surface area contributed by atoms with Crippen LogP contribution in [0.2, 0.25) is 0 Å². The Morgan fingerprint density at radius 3 is 2.78 bits per heavy atom. The number of fused-ring (bicyclic) bond motifs is 1. The molecule has 0 radical (unpaired) electrons. The fraction of sp³-hybridized carbons (Fsp3) is 0.200. The van der Waals surface area contributed by atoms with Gasteiger partial charge in [0.2, 0.25) is 5.91 Å². The number of benzene rings is 1. The lowest BCUT2D eigenvalue weighted by Gasteiger charge is -2.08. The summed E-state index contributed by atoms with van der Waals surface area (Å²) in [6, 6.07) is 9.06. The minimum atomic E-state index is -3.36. The number of hydrogen-bond donors (Lipinski definition) is 1. The fourth-order valence-corrected chi connectivity index (χ4v) is 4.47. The van der Waals surface area contributed by atoms with E-state index in [1.807, 2.05) is 31.2 Å². The molecule has 1 N–H and O–H groups in total. The summed E-state index contributed by atoms with van der Waals surface area (Å²) >= 11 is 1.19. The summed E-state index contributed by atoms with van der Waals surface area (Å²) in [5.41, 5.74) is 1.69. The molecule has 23 heavy (non-hydrogen) atoms. The highest BCUT2D eigenvalue weighted by molar-refractivity contribution is 7.91. The molecule has 0 unspecified atom stereocenters. The Bertz CT molecular complexity index is 986. The SMILES string of the molecule is Cc1nc2ccccc2n1CC(=O)Nc1sccc1S(C)(=O)=O. The average Bonchev–Trinajstić information content (AvgIpc) is 3.04. The molecule has 0 aliphatic heterocycles. The van der Waals surface area contributed by atoms with Crippen LogP contribution in [0, 0.1) is 6.92 Å². The molecule has 0 saturated carbocycles. The Balaban J connectivity index is 1.85. The lowest BCUT2D eigenvalue weighted by atomic mass is 10.3. The van der Waals surface area contributed by atoms with E-state index in [0.29, 0.717) is 5.00 Å². The lowest BCUT2D eigenvalue weighted by molar-refractivity contribution is -0.116. The van der Waals surface area contributed by atoms with Gasteiger partial charge in [0.1, 0.15) is 22.3 Å². The summed E-state index contributed by atoms with van der Waals surface area (Å²) in [5.74, 6) is 0.444. The van der Waals surface area contributed by atoms with Crippen molar-refractivity contribution in [3.05, 3.63) is 41.5 Å². The second-order valence-electron chi connectivity index (χ2n) is 5.17. The number of anilines is 1. The maximum atomic E-state index is 12.3. The van der Waals surface area contributed by atoms with Crippen molar-refractivity contribution < 1.29 is 13.2 Å². The van der Waals surface area contributed by atoms with Crippen LogP contribution in [-0.4, -0.2) is 30.1 Å². The van der Waals surface area contributed by atoms with E-state index in [2.05, 4.69) is 10.3 Å². The molecule has 0 spiro atoms. The molecule has 8 heteroatoms. The molecule has 0 fully saturated rings. The summed E-state index contributed by atoms with van der Waals surface area (Å²) in [6.45, 7) is 1.91. The zero-order valence-electron chi connectivity index (χ0n) is 12.6. The predicted octanol–water partition coefficient (Wildman–Crippen LogP) is 2.45. The van der Waals surface area contributed by atoms with Crippen molar-refractivity contribution in [2.75, 3.05) is 11.6 Å². The van der Waals surface area contributed by atoms with Gasteiger partial charge in [-0.1, -0.05) is 12.1 Å². The number of para-hydroxylation sites is 2. The average molecular weight is 349 g/mol. The number of aryl methyl sites for hydroxylation is 1. The Morgan fingerprint density at radius 2 is 2.04 bits per heavy atom. The molecule has 6 nitrogen and oxygen atoms in total. The van der Waals surface area contributed by atoms with Gasteiger partial charge in [-0.05, 0) is 30.5 Å². The van der Waals surface area contributed by atoms with Gasteiger partial charge in [0.15, 0.2) is 9.84 Å². The normalized spacial score (nSPS) is 11.7. The van der Waals surface area contributed by atoms with Crippen molar-refractivity contribution in [1.29, 1.82) is 0 Å². The van der Waals surface area contributed by atoms with Crippen LogP contribution < -0.4 is 5.32 Å². The third-order valence-electron chi connectivity index (χ3n) is 3.43. The van der Waals surface area contributed by atoms with Gasteiger partial charge in [-0.3, -0.25) is 4.79 Å². The number of rotatable bonds is 4. The van der Waals surface area contributed by atoms with Crippen molar-refractivity contribution in [1.82, 2.24) is 9.55 Å². The number of sulfone groups is 1. The molecule has 3 rings (SSSR count). The van der Waals surface area contributed by atoms with E-state index < -0.39 is 9.84 Å². The number of aromatic nitrogens is 2. The number of carbonyl (C=O) groups excluding carboxylic acids is 1. The van der Waals surface area contributed by atoms with Crippen LogP contribution in [0.3, 0.4) is 0 Å². The highest BCUT2D eigenvalue weighted by Gasteiger charge is 2.17. The van der Waals surface area contributed by atoms with Crippen LogP contribution in [0.5, 0.6) is 0 Å². The number of carbonyl (C=O) groups is 1. The molecule has 2 aromatic heterocycles. The highest BCUT2D eigenvalue weighted by atomic mass is 32.2. The van der Waals surface area contributed by atoms with Gasteiger partial charge in [-0.15, -0.1) is 11.3 Å². The standard InChI is InChI=1S/C15H15N3O3S2/c1-10-16-11-5-3-4-6-12(11)18(10)9-14(19)17-15-13(7-8-22-15)23(2,20)21/h3-8H,9H2,1-2H3,(H,17,19). The van der Waals surface area contributed by atoms with Crippen molar-refractivity contribution in [3.63, 3.8) is 0 Å². The van der Waals surface area contributed by atoms with E-state index in [0.717, 1.165) is 23.1 Å². The number of amides is 1. The largest absolute Gasteiger partial charge is 0.319 e. The number of nitrogens with one attached hydrogen (secondary N) is 1. The first kappa shape index (κ1) is 15.7.